The first-order chi connectivity index (χ1) is 21.9. The fraction of sp³-hybridized carbons (Fsp3) is 0.538. The van der Waals surface area contributed by atoms with Crippen LogP contribution in [0.15, 0.2) is 54.6 Å². The van der Waals surface area contributed by atoms with Crippen LogP contribution in [0.3, 0.4) is 0 Å². The number of β-amino-alcohol motifs (C(OH)–C–C–N with tert-alkyl or cyclic N) is 1. The molecular weight excluding hydrogens is 577 g/mol. The van der Waals surface area contributed by atoms with E-state index < -0.39 is 6.10 Å². The van der Waals surface area contributed by atoms with E-state index in [2.05, 4.69) is 80.3 Å². The van der Waals surface area contributed by atoms with Crippen molar-refractivity contribution in [3.8, 4) is 0 Å². The van der Waals surface area contributed by atoms with Crippen LogP contribution in [0, 0.1) is 25.7 Å². The number of aliphatic hydroxyl groups is 1. The van der Waals surface area contributed by atoms with Gasteiger partial charge in [0.1, 0.15) is 10.8 Å². The zero-order chi connectivity index (χ0) is 31.6. The van der Waals surface area contributed by atoms with Crippen molar-refractivity contribution in [2.75, 3.05) is 32.8 Å². The highest BCUT2D eigenvalue weighted by Crippen LogP contribution is 2.33. The Bertz CT molecular complexity index is 1450. The highest BCUT2D eigenvalue weighted by Gasteiger charge is 2.20. The number of hydrogen-bond acceptors (Lipinski definition) is 6. The van der Waals surface area contributed by atoms with Crippen LogP contribution in [0.2, 0.25) is 0 Å². The summed E-state index contributed by atoms with van der Waals surface area (Å²) in [5.74, 6) is 1.46. The van der Waals surface area contributed by atoms with Crippen molar-refractivity contribution >= 4 is 32.9 Å². The number of hydrogen-bond donors (Lipinski definition) is 1. The molecule has 1 N–H and O–H groups in total. The predicted molar refractivity (Wildman–Crippen MR) is 188 cm³/mol. The van der Waals surface area contributed by atoms with Crippen LogP contribution >= 0.6 is 11.3 Å². The number of benzene rings is 2. The van der Waals surface area contributed by atoms with Crippen LogP contribution in [0.1, 0.15) is 85.6 Å². The van der Waals surface area contributed by atoms with Gasteiger partial charge in [-0.25, -0.2) is 4.98 Å². The number of likely N-dealkylation sites (tertiary alicyclic amines) is 1. The average Bonchev–Trinajstić information content (AvgIpc) is 3.45. The number of aliphatic hydroxyl groups excluding tert-OH is 1. The van der Waals surface area contributed by atoms with Crippen LogP contribution in [0.4, 0.5) is 0 Å². The van der Waals surface area contributed by atoms with Crippen molar-refractivity contribution in [1.82, 2.24) is 9.88 Å². The Morgan fingerprint density at radius 2 is 1.91 bits per heavy atom. The van der Waals surface area contributed by atoms with Gasteiger partial charge in [0, 0.05) is 25.0 Å². The lowest BCUT2D eigenvalue weighted by atomic mass is 9.89. The van der Waals surface area contributed by atoms with Crippen molar-refractivity contribution in [2.24, 2.45) is 11.8 Å². The van der Waals surface area contributed by atoms with Crippen molar-refractivity contribution in [2.45, 2.75) is 91.1 Å². The summed E-state index contributed by atoms with van der Waals surface area (Å²) in [4.78, 5) is 20.1. The highest BCUT2D eigenvalue weighted by molar-refractivity contribution is 7.19. The van der Waals surface area contributed by atoms with E-state index in [4.69, 9.17) is 9.72 Å². The molecule has 6 heteroatoms. The highest BCUT2D eigenvalue weighted by atomic mass is 32.1. The minimum Gasteiger partial charge on any atom is -0.389 e. The molecule has 2 heterocycles. The lowest BCUT2D eigenvalue weighted by Gasteiger charge is -2.29. The number of aromatic nitrogens is 1. The number of fused-ring (bicyclic) bond motifs is 1. The molecule has 0 amide bonds. The van der Waals surface area contributed by atoms with Gasteiger partial charge in [0.05, 0.1) is 29.5 Å². The van der Waals surface area contributed by atoms with Crippen molar-refractivity contribution in [1.29, 1.82) is 0 Å². The van der Waals surface area contributed by atoms with Crippen LogP contribution in [-0.4, -0.2) is 59.7 Å². The zero-order valence-corrected chi connectivity index (χ0v) is 28.4. The van der Waals surface area contributed by atoms with Gasteiger partial charge in [-0.3, -0.25) is 4.79 Å². The van der Waals surface area contributed by atoms with Gasteiger partial charge in [0.25, 0.3) is 0 Å². The largest absolute Gasteiger partial charge is 0.389 e. The number of ether oxygens (including phenoxy) is 1. The smallest absolute Gasteiger partial charge is 0.133 e. The van der Waals surface area contributed by atoms with Crippen molar-refractivity contribution < 1.29 is 14.6 Å². The normalized spacial score (nSPS) is 20.1. The summed E-state index contributed by atoms with van der Waals surface area (Å²) in [5, 5.41) is 11.9. The molecule has 2 aromatic carbocycles. The molecular formula is C39H52N2O3S. The molecule has 1 aliphatic carbocycles. The third kappa shape index (κ3) is 9.92. The molecule has 1 saturated heterocycles. The van der Waals surface area contributed by atoms with Crippen LogP contribution in [0.5, 0.6) is 0 Å². The number of Topliss-reactive ketones (excluding diaryl/α,β-unsaturated/α-hetero) is 1. The van der Waals surface area contributed by atoms with Gasteiger partial charge >= 0.3 is 0 Å². The Kier molecular flexibility index (Phi) is 12.6. The van der Waals surface area contributed by atoms with Gasteiger partial charge in [-0.15, -0.1) is 11.3 Å². The first-order valence-corrected chi connectivity index (χ1v) is 18.0. The summed E-state index contributed by atoms with van der Waals surface area (Å²) in [6, 6.07) is 12.8. The summed E-state index contributed by atoms with van der Waals surface area (Å²) in [6.45, 7) is 10.1. The SMILES string of the molecule is Cc1cccc(C)c1CCCC(=O)CC1CCCCN(CC(O)COCCc2cccc3nc(C4=CCC(C)C=C4)sc23)CC1. The summed E-state index contributed by atoms with van der Waals surface area (Å²) in [6.07, 6.45) is 15.9. The van der Waals surface area contributed by atoms with E-state index in [9.17, 15) is 9.90 Å². The van der Waals surface area contributed by atoms with Crippen molar-refractivity contribution in [3.05, 3.63) is 81.9 Å². The summed E-state index contributed by atoms with van der Waals surface area (Å²) in [5.41, 5.74) is 7.60. The third-order valence-corrected chi connectivity index (χ3v) is 10.8. The number of carbonyl (C=O) groups excluding carboxylic acids is 1. The second kappa shape index (κ2) is 16.8. The Balaban J connectivity index is 1.01. The van der Waals surface area contributed by atoms with E-state index in [-0.39, 0.29) is 0 Å². The van der Waals surface area contributed by atoms with E-state index in [1.807, 2.05) is 0 Å². The number of allylic oxidation sites excluding steroid dienone is 4. The lowest BCUT2D eigenvalue weighted by Crippen LogP contribution is -2.38. The summed E-state index contributed by atoms with van der Waals surface area (Å²) in [7, 11) is 0. The van der Waals surface area contributed by atoms with Crippen molar-refractivity contribution in [3.63, 3.8) is 0 Å². The fourth-order valence-electron chi connectivity index (χ4n) is 6.87. The minimum atomic E-state index is -0.507. The molecule has 1 fully saturated rings. The molecule has 1 aliphatic heterocycles. The fourth-order valence-corrected chi connectivity index (χ4v) is 8.00. The number of carbonyl (C=O) groups is 1. The van der Waals surface area contributed by atoms with Crippen LogP contribution in [0.25, 0.3) is 15.8 Å². The molecule has 1 aromatic heterocycles. The second-order valence-electron chi connectivity index (χ2n) is 13.4. The maximum absolute atomic E-state index is 12.9. The maximum atomic E-state index is 12.9. The third-order valence-electron chi connectivity index (χ3n) is 9.59. The molecule has 242 valence electrons. The van der Waals surface area contributed by atoms with Gasteiger partial charge in [0.15, 0.2) is 0 Å². The molecule has 0 saturated carbocycles. The minimum absolute atomic E-state index is 0.346. The Morgan fingerprint density at radius 3 is 2.71 bits per heavy atom. The molecule has 2 aliphatic rings. The van der Waals surface area contributed by atoms with E-state index >= 15 is 0 Å². The zero-order valence-electron chi connectivity index (χ0n) is 27.6. The molecule has 3 unspecified atom stereocenters. The molecule has 0 radical (unpaired) electrons. The van der Waals surface area contributed by atoms with Gasteiger partial charge in [-0.2, -0.15) is 0 Å². The number of nitrogens with zero attached hydrogens (tertiary/aromatic N) is 2. The number of thiazole rings is 1. The lowest BCUT2D eigenvalue weighted by molar-refractivity contribution is -0.120. The molecule has 3 aromatic rings. The molecule has 5 rings (SSSR count). The van der Waals surface area contributed by atoms with E-state index in [1.54, 1.807) is 11.3 Å². The van der Waals surface area contributed by atoms with Gasteiger partial charge in [-0.1, -0.05) is 61.9 Å². The number of ketones is 1. The first kappa shape index (κ1) is 33.7. The molecule has 3 atom stereocenters. The second-order valence-corrected chi connectivity index (χ2v) is 14.4. The predicted octanol–water partition coefficient (Wildman–Crippen LogP) is 8.29. The maximum Gasteiger partial charge on any atom is 0.133 e. The van der Waals surface area contributed by atoms with E-state index in [0.29, 0.717) is 50.2 Å². The molecule has 0 bridgehead atoms. The van der Waals surface area contributed by atoms with Gasteiger partial charge in [-0.05, 0) is 112 Å². The van der Waals surface area contributed by atoms with Gasteiger partial charge < -0.3 is 14.7 Å². The molecule has 0 spiro atoms. The van der Waals surface area contributed by atoms with Gasteiger partial charge in [0.2, 0.25) is 0 Å². The number of rotatable bonds is 14. The molecule has 5 nitrogen and oxygen atoms in total. The number of aryl methyl sites for hydroxylation is 2. The first-order valence-electron chi connectivity index (χ1n) is 17.2. The van der Waals surface area contributed by atoms with E-state index in [0.717, 1.165) is 75.0 Å². The summed E-state index contributed by atoms with van der Waals surface area (Å²) < 4.78 is 7.21. The standard InChI is InChI=1S/C39H52N2O3S/c1-28-16-18-33(19-17-28)39-40-37-15-7-12-32(38(37)45-39)21-24-44-27-35(43)26-41-22-5-4-11-31(20-23-41)25-34(42)13-8-14-36-29(2)9-6-10-30(36)3/h6-7,9-10,12,15-16,18-19,28,31,35,43H,4-5,8,11,13-14,17,20-27H2,1-3H3. The Labute approximate surface area is 274 Å². The Hall–Kier alpha value is -2.64. The molecule has 45 heavy (non-hydrogen) atoms. The Morgan fingerprint density at radius 1 is 1.09 bits per heavy atom. The topological polar surface area (TPSA) is 62.7 Å². The van der Waals surface area contributed by atoms with Crippen LogP contribution < -0.4 is 0 Å². The monoisotopic (exact) mass is 628 g/mol. The van der Waals surface area contributed by atoms with Crippen LogP contribution in [-0.2, 0) is 22.4 Å². The average molecular weight is 629 g/mol. The summed E-state index contributed by atoms with van der Waals surface area (Å²) >= 11 is 1.77. The quantitative estimate of drug-likeness (QED) is 0.182. The van der Waals surface area contributed by atoms with E-state index in [1.165, 1.54) is 32.5 Å².